The molecule has 1 saturated carbocycles. The van der Waals surface area contributed by atoms with Gasteiger partial charge in [-0.15, -0.1) is 0 Å². The van der Waals surface area contributed by atoms with Gasteiger partial charge < -0.3 is 19.9 Å². The van der Waals surface area contributed by atoms with Gasteiger partial charge in [0.25, 0.3) is 0 Å². The summed E-state index contributed by atoms with van der Waals surface area (Å²) in [4.78, 5) is 2.41. The zero-order valence-electron chi connectivity index (χ0n) is 13.2. The van der Waals surface area contributed by atoms with Crippen molar-refractivity contribution in [3.63, 3.8) is 0 Å². The van der Waals surface area contributed by atoms with Gasteiger partial charge in [-0.25, -0.2) is 0 Å². The summed E-state index contributed by atoms with van der Waals surface area (Å²) >= 11 is 0. The van der Waals surface area contributed by atoms with Crippen LogP contribution in [0.1, 0.15) is 24.4 Å². The van der Waals surface area contributed by atoms with E-state index in [9.17, 15) is 0 Å². The molecule has 1 aromatic rings. The van der Waals surface area contributed by atoms with E-state index in [1.807, 2.05) is 18.2 Å². The van der Waals surface area contributed by atoms with Crippen LogP contribution in [0.5, 0.6) is 11.5 Å². The highest BCUT2D eigenvalue weighted by atomic mass is 16.5. The van der Waals surface area contributed by atoms with Crippen molar-refractivity contribution in [3.8, 4) is 11.5 Å². The normalized spacial score (nSPS) is 16.0. The van der Waals surface area contributed by atoms with Crippen molar-refractivity contribution >= 4 is 0 Å². The zero-order chi connectivity index (χ0) is 15.2. The second kappa shape index (κ2) is 7.64. The third-order valence-corrected chi connectivity index (χ3v) is 3.91. The Labute approximate surface area is 127 Å². The highest BCUT2D eigenvalue weighted by molar-refractivity contribution is 5.42. The molecule has 21 heavy (non-hydrogen) atoms. The molecule has 1 aliphatic carbocycles. The predicted molar refractivity (Wildman–Crippen MR) is 82.9 cm³/mol. The summed E-state index contributed by atoms with van der Waals surface area (Å²) in [6, 6.07) is 6.31. The minimum absolute atomic E-state index is 0.104. The number of rotatable bonds is 9. The fourth-order valence-corrected chi connectivity index (χ4v) is 2.55. The van der Waals surface area contributed by atoms with Crippen molar-refractivity contribution in [2.45, 2.75) is 24.9 Å². The summed E-state index contributed by atoms with van der Waals surface area (Å²) in [5.41, 5.74) is 7.40. The van der Waals surface area contributed by atoms with Crippen LogP contribution in [0.3, 0.4) is 0 Å². The molecule has 0 radical (unpaired) electrons. The maximum absolute atomic E-state index is 6.42. The number of nitrogens with two attached hydrogens (primary N) is 1. The van der Waals surface area contributed by atoms with Gasteiger partial charge in [-0.3, -0.25) is 4.90 Å². The number of ether oxygens (including phenoxy) is 3. The quantitative estimate of drug-likeness (QED) is 0.753. The molecule has 0 heterocycles. The average molecular weight is 294 g/mol. The van der Waals surface area contributed by atoms with Crippen LogP contribution >= 0.6 is 0 Å². The Balaban J connectivity index is 2.08. The Morgan fingerprint density at radius 3 is 2.57 bits per heavy atom. The zero-order valence-corrected chi connectivity index (χ0v) is 13.2. The fraction of sp³-hybridized carbons (Fsp3) is 0.625. The maximum atomic E-state index is 6.42. The summed E-state index contributed by atoms with van der Waals surface area (Å²) in [6.45, 7) is 2.46. The Morgan fingerprint density at radius 2 is 2.00 bits per heavy atom. The van der Waals surface area contributed by atoms with Gasteiger partial charge in [-0.05, 0) is 31.0 Å². The molecule has 1 aromatic carbocycles. The lowest BCUT2D eigenvalue weighted by molar-refractivity contribution is 0.139. The van der Waals surface area contributed by atoms with Crippen LogP contribution in [0, 0.1) is 0 Å². The Morgan fingerprint density at radius 1 is 1.24 bits per heavy atom. The van der Waals surface area contributed by atoms with Crippen molar-refractivity contribution in [2.24, 2.45) is 5.73 Å². The molecule has 2 N–H and O–H groups in total. The van der Waals surface area contributed by atoms with E-state index in [4.69, 9.17) is 19.9 Å². The smallest absolute Gasteiger partial charge is 0.123 e. The molecule has 2 rings (SSSR count). The Kier molecular flexibility index (Phi) is 5.85. The molecular formula is C16H26N2O3. The van der Waals surface area contributed by atoms with Gasteiger partial charge in [0.1, 0.15) is 11.5 Å². The largest absolute Gasteiger partial charge is 0.497 e. The lowest BCUT2D eigenvalue weighted by atomic mass is 10.1. The van der Waals surface area contributed by atoms with Crippen LogP contribution in [0.25, 0.3) is 0 Å². The highest BCUT2D eigenvalue weighted by Crippen LogP contribution is 2.32. The number of methoxy groups -OCH3 is 3. The number of nitrogens with zero attached hydrogens (tertiary/aromatic N) is 1. The lowest BCUT2D eigenvalue weighted by Crippen LogP contribution is -2.36. The van der Waals surface area contributed by atoms with Gasteiger partial charge in [0.2, 0.25) is 0 Å². The minimum atomic E-state index is -0.104. The predicted octanol–water partition coefficient (Wildman–Crippen LogP) is 1.81. The molecule has 0 amide bonds. The first kappa shape index (κ1) is 16.1. The summed E-state index contributed by atoms with van der Waals surface area (Å²) < 4.78 is 15.9. The van der Waals surface area contributed by atoms with Gasteiger partial charge in [0.15, 0.2) is 0 Å². The molecule has 0 aliphatic heterocycles. The van der Waals surface area contributed by atoms with E-state index in [0.717, 1.165) is 36.8 Å². The van der Waals surface area contributed by atoms with E-state index >= 15 is 0 Å². The van der Waals surface area contributed by atoms with Gasteiger partial charge >= 0.3 is 0 Å². The van der Waals surface area contributed by atoms with Crippen LogP contribution in [-0.2, 0) is 4.74 Å². The van der Waals surface area contributed by atoms with Crippen LogP contribution in [0.15, 0.2) is 18.2 Å². The van der Waals surface area contributed by atoms with Crippen molar-refractivity contribution in [2.75, 3.05) is 41.0 Å². The molecule has 1 aliphatic rings. The van der Waals surface area contributed by atoms with Crippen LogP contribution in [-0.4, -0.2) is 52.0 Å². The van der Waals surface area contributed by atoms with Crippen molar-refractivity contribution in [1.82, 2.24) is 4.90 Å². The second-order valence-corrected chi connectivity index (χ2v) is 5.43. The molecule has 0 aromatic heterocycles. The van der Waals surface area contributed by atoms with Crippen LogP contribution in [0.4, 0.5) is 0 Å². The maximum Gasteiger partial charge on any atom is 0.123 e. The second-order valence-electron chi connectivity index (χ2n) is 5.43. The molecule has 0 bridgehead atoms. The molecule has 1 fully saturated rings. The summed E-state index contributed by atoms with van der Waals surface area (Å²) in [7, 11) is 5.06. The first-order valence-electron chi connectivity index (χ1n) is 7.40. The van der Waals surface area contributed by atoms with E-state index in [1.54, 1.807) is 21.3 Å². The lowest BCUT2D eigenvalue weighted by Gasteiger charge is -2.26. The molecule has 5 heteroatoms. The van der Waals surface area contributed by atoms with Gasteiger partial charge in [0, 0.05) is 37.8 Å². The first-order valence-corrected chi connectivity index (χ1v) is 7.40. The van der Waals surface area contributed by atoms with Crippen molar-refractivity contribution < 1.29 is 14.2 Å². The molecule has 1 unspecified atom stereocenters. The van der Waals surface area contributed by atoms with Crippen LogP contribution in [0.2, 0.25) is 0 Å². The molecule has 0 saturated heterocycles. The fourth-order valence-electron chi connectivity index (χ4n) is 2.55. The van der Waals surface area contributed by atoms with Gasteiger partial charge in [-0.2, -0.15) is 0 Å². The minimum Gasteiger partial charge on any atom is -0.497 e. The number of hydrogen-bond donors (Lipinski definition) is 1. The molecule has 1 atom stereocenters. The summed E-state index contributed by atoms with van der Waals surface area (Å²) in [5, 5.41) is 0. The molecule has 118 valence electrons. The van der Waals surface area contributed by atoms with E-state index in [1.165, 1.54) is 12.8 Å². The third-order valence-electron chi connectivity index (χ3n) is 3.91. The Bertz CT molecular complexity index is 449. The molecule has 5 nitrogen and oxygen atoms in total. The monoisotopic (exact) mass is 294 g/mol. The van der Waals surface area contributed by atoms with Gasteiger partial charge in [-0.1, -0.05) is 0 Å². The summed E-state index contributed by atoms with van der Waals surface area (Å²) in [5.74, 6) is 1.61. The highest BCUT2D eigenvalue weighted by Gasteiger charge is 2.30. The Hall–Kier alpha value is -1.30. The molecular weight excluding hydrogens is 268 g/mol. The standard InChI is InChI=1S/C16H26N2O3/c1-19-9-8-18(12-4-5-12)11-15(17)14-10-13(20-2)6-7-16(14)21-3/h6-7,10,12,15H,4-5,8-9,11,17H2,1-3H3. The van der Waals surface area contributed by atoms with Crippen molar-refractivity contribution in [3.05, 3.63) is 23.8 Å². The first-order chi connectivity index (χ1) is 10.2. The SMILES string of the molecule is COCCN(CC(N)c1cc(OC)ccc1OC)C1CC1. The van der Waals surface area contributed by atoms with Gasteiger partial charge in [0.05, 0.1) is 20.8 Å². The van der Waals surface area contributed by atoms with Crippen molar-refractivity contribution in [1.29, 1.82) is 0 Å². The number of benzene rings is 1. The topological polar surface area (TPSA) is 57.0 Å². The third kappa shape index (κ3) is 4.33. The average Bonchev–Trinajstić information content (AvgIpc) is 3.35. The van der Waals surface area contributed by atoms with E-state index in [2.05, 4.69) is 4.90 Å². The van der Waals surface area contributed by atoms with Crippen LogP contribution < -0.4 is 15.2 Å². The van der Waals surface area contributed by atoms with E-state index < -0.39 is 0 Å². The van der Waals surface area contributed by atoms with E-state index in [0.29, 0.717) is 6.04 Å². The number of hydrogen-bond acceptors (Lipinski definition) is 5. The molecule has 0 spiro atoms. The van der Waals surface area contributed by atoms with E-state index in [-0.39, 0.29) is 6.04 Å². The summed E-state index contributed by atoms with van der Waals surface area (Å²) in [6.07, 6.45) is 2.51.